The summed E-state index contributed by atoms with van der Waals surface area (Å²) in [5.41, 5.74) is 13.3. The average molecular weight is 1450 g/mol. The molecule has 103 heavy (non-hydrogen) atoms. The molecule has 4 aliphatic heterocycles. The molecule has 8 aliphatic rings. The third-order valence-electron chi connectivity index (χ3n) is 21.0. The first-order valence-electron chi connectivity index (χ1n) is 35.7. The molecule has 27 heteroatoms. The second-order valence-electron chi connectivity index (χ2n) is 28.2. The number of hydrogen-bond acceptors (Lipinski definition) is 17. The molecule has 25 nitrogen and oxygen atoms in total. The van der Waals surface area contributed by atoms with Crippen LogP contribution in [0.15, 0.2) is 81.8 Å². The van der Waals surface area contributed by atoms with E-state index in [1.54, 1.807) is 43.4 Å². The highest BCUT2D eigenvalue weighted by Crippen LogP contribution is 2.53. The zero-order chi connectivity index (χ0) is 72.0. The van der Waals surface area contributed by atoms with Gasteiger partial charge < -0.3 is 52.5 Å². The van der Waals surface area contributed by atoms with E-state index in [0.717, 1.165) is 190 Å². The maximum Gasteiger partial charge on any atom is 0.358 e. The van der Waals surface area contributed by atoms with Gasteiger partial charge in [0.2, 0.25) is 0 Å². The van der Waals surface area contributed by atoms with E-state index in [1.807, 2.05) is 48.5 Å². The topological polar surface area (TPSA) is 301 Å². The van der Waals surface area contributed by atoms with E-state index in [0.29, 0.717) is 67.3 Å². The Hall–Kier alpha value is -8.96. The fraction of sp³-hybridized carbons (Fsp3) is 0.447. The Morgan fingerprint density at radius 3 is 1.36 bits per heavy atom. The summed E-state index contributed by atoms with van der Waals surface area (Å²) in [5, 5.41) is 23.8. The number of amides is 3. The third-order valence-corrected chi connectivity index (χ3v) is 23.8. The van der Waals surface area contributed by atoms with Crippen LogP contribution in [0.1, 0.15) is 200 Å². The van der Waals surface area contributed by atoms with Crippen molar-refractivity contribution in [1.82, 2.24) is 47.7 Å². The minimum absolute atomic E-state index is 0.108. The number of nitrogens with one attached hydrogen (secondary N) is 3. The smallest absolute Gasteiger partial charge is 0.358 e. The number of carbonyl (C=O) groups is 4. The number of morpholine rings is 2. The molecule has 4 aromatic heterocycles. The lowest BCUT2D eigenvalue weighted by Gasteiger charge is -2.26. The van der Waals surface area contributed by atoms with Gasteiger partial charge in [0, 0.05) is 123 Å². The molecular formula is C76H88N10O15S2. The number of methoxy groups -OCH3 is 2. The number of carbonyl (C=O) groups excluding carboxylic acids is 3. The van der Waals surface area contributed by atoms with E-state index in [2.05, 4.69) is 46.4 Å². The summed E-state index contributed by atoms with van der Waals surface area (Å²) in [6.45, 7) is 6.40. The molecule has 4 aromatic carbocycles. The van der Waals surface area contributed by atoms with E-state index >= 15 is 0 Å². The van der Waals surface area contributed by atoms with Crippen molar-refractivity contribution in [3.05, 3.63) is 140 Å². The zero-order valence-corrected chi connectivity index (χ0v) is 60.6. The molecule has 0 atom stereocenters. The number of allylic oxidation sites excluding steroid dienone is 2. The Bertz CT molecular complexity index is 4900. The molecule has 0 unspecified atom stereocenters. The number of hydrogen-bond donors (Lipinski definition) is 4. The van der Waals surface area contributed by atoms with Crippen molar-refractivity contribution in [2.24, 2.45) is 0 Å². The van der Waals surface area contributed by atoms with Gasteiger partial charge in [-0.25, -0.2) is 14.2 Å². The van der Waals surface area contributed by atoms with E-state index in [1.165, 1.54) is 52.2 Å². The van der Waals surface area contributed by atoms with Crippen molar-refractivity contribution in [2.75, 3.05) is 95.0 Å². The third kappa shape index (κ3) is 14.4. The van der Waals surface area contributed by atoms with Gasteiger partial charge in [0.25, 0.3) is 17.7 Å². The van der Waals surface area contributed by atoms with Gasteiger partial charge in [-0.15, -0.1) is 0 Å². The van der Waals surface area contributed by atoms with Gasteiger partial charge in [0.15, 0.2) is 11.4 Å². The van der Waals surface area contributed by atoms with Gasteiger partial charge >= 0.3 is 26.4 Å². The molecule has 4 saturated carbocycles. The van der Waals surface area contributed by atoms with E-state index in [9.17, 15) is 41.1 Å². The van der Waals surface area contributed by atoms with Gasteiger partial charge in [-0.05, 0) is 169 Å². The van der Waals surface area contributed by atoms with Crippen molar-refractivity contribution in [2.45, 2.75) is 127 Å². The van der Waals surface area contributed by atoms with Crippen LogP contribution in [0.3, 0.4) is 0 Å². The highest BCUT2D eigenvalue weighted by molar-refractivity contribution is 7.88. The average Bonchev–Trinajstić information content (AvgIpc) is 1.58. The molecule has 8 heterocycles. The normalized spacial score (nSPS) is 18.0. The van der Waals surface area contributed by atoms with Crippen LogP contribution >= 0.6 is 0 Å². The molecule has 16 rings (SSSR count). The Labute approximate surface area is 598 Å². The Kier molecular flexibility index (Phi) is 20.5. The van der Waals surface area contributed by atoms with Crippen LogP contribution in [-0.2, 0) is 43.0 Å². The molecule has 4 aliphatic carbocycles. The molecule has 0 radical (unpaired) electrons. The summed E-state index contributed by atoms with van der Waals surface area (Å²) in [5.74, 6) is 0.785. The molecule has 0 bridgehead atoms. The number of fused-ring (bicyclic) bond motifs is 10. The summed E-state index contributed by atoms with van der Waals surface area (Å²) in [4.78, 5) is 55.0. The van der Waals surface area contributed by atoms with E-state index in [4.69, 9.17) is 28.0 Å². The Morgan fingerprint density at radius 2 is 0.971 bits per heavy atom. The van der Waals surface area contributed by atoms with Gasteiger partial charge in [-0.3, -0.25) is 14.4 Å². The van der Waals surface area contributed by atoms with Crippen LogP contribution in [0.5, 0.6) is 11.5 Å². The molecular weight excluding hydrogens is 1360 g/mol. The number of aromatic nitrogens is 4. The molecule has 2 saturated heterocycles. The molecule has 8 aromatic rings. The van der Waals surface area contributed by atoms with Crippen molar-refractivity contribution in [1.29, 1.82) is 0 Å². The number of aromatic carboxylic acids is 1. The van der Waals surface area contributed by atoms with E-state index < -0.39 is 38.2 Å². The number of nitrogens with zero attached hydrogens (tertiary/aromatic N) is 7. The number of ether oxygens (including phenoxy) is 4. The van der Waals surface area contributed by atoms with Crippen LogP contribution in [0.2, 0.25) is 0 Å². The van der Waals surface area contributed by atoms with Crippen molar-refractivity contribution < 1.29 is 69.1 Å². The fourth-order valence-corrected chi connectivity index (χ4v) is 16.5. The Balaban J connectivity index is 0.000000162. The number of benzene rings is 4. The van der Waals surface area contributed by atoms with Gasteiger partial charge in [0.05, 0.1) is 63.2 Å². The summed E-state index contributed by atoms with van der Waals surface area (Å²) >= 11 is 0. The van der Waals surface area contributed by atoms with Crippen LogP contribution in [0, 0.1) is 0 Å². The highest BCUT2D eigenvalue weighted by atomic mass is 32.2. The molecule has 6 fully saturated rings. The number of carboxylic acids is 1. The van der Waals surface area contributed by atoms with Gasteiger partial charge in [0.1, 0.15) is 23.0 Å². The van der Waals surface area contributed by atoms with Crippen LogP contribution in [-0.4, -0.2) is 174 Å². The SMILES string of the molecule is C1COCCN1.COc1ccc2c(c1)C=C(c1c(C(=O)N3CCOCC3)noc1C1CC1)Cn1c-2c(C2CCCCC2)c2ccc(C(=O)NS(=O)(=O)N(C)C)cc21.COc1ccc2c(c1)C=C(c1c(C(=O)O)noc1C1CC1)Cn1c-2c(C2CCCCC2)c2ccc(C(=O)NS(=O)(=O)N(C)C)cc21. The monoisotopic (exact) mass is 1440 g/mol. The summed E-state index contributed by atoms with van der Waals surface area (Å²) < 4.78 is 94.6. The standard InChI is InChI=1S/C38H43N5O7S.C34H36N4O7S.C4H9NO/c1-41(2)51(46,47)40-37(44)25-11-13-30-31(21-25)43-22-27(33-34(39-50-36(33)24-9-10-24)38(45)42-15-17-49-18-16-42)19-26-20-28(48-3)12-14-29(26)35(43)32(30)23-7-5-4-6-8-23;1-37(2)46(42,43)36-33(39)21-11-13-26-27(17-21)38-18-23(29-30(34(40)41)35-45-32(29)20-9-10-20)15-22-16-24(44-3)12-14-25(22)31(38)28(26)19-7-5-4-6-8-19;1-3-6-4-2-5-1/h11-14,19-21,23-24H,4-10,15-18,22H2,1-3H3,(H,40,44);11-17,19-20H,4-10,18H2,1-3H3,(H,36,39)(H,40,41);5H,1-4H2. The first-order chi connectivity index (χ1) is 49.7. The van der Waals surface area contributed by atoms with Gasteiger partial charge in [-0.2, -0.15) is 25.4 Å². The lowest BCUT2D eigenvalue weighted by molar-refractivity contribution is 0.0296. The van der Waals surface area contributed by atoms with Gasteiger partial charge in [-0.1, -0.05) is 61.0 Å². The predicted octanol–water partition coefficient (Wildman–Crippen LogP) is 11.4. The minimum atomic E-state index is -4.01. The summed E-state index contributed by atoms with van der Waals surface area (Å²) in [6.07, 6.45) is 18.9. The Morgan fingerprint density at radius 1 is 0.544 bits per heavy atom. The number of rotatable bonds is 16. The summed E-state index contributed by atoms with van der Waals surface area (Å²) in [6, 6.07) is 22.8. The lowest BCUT2D eigenvalue weighted by Crippen LogP contribution is -2.41. The summed E-state index contributed by atoms with van der Waals surface area (Å²) in [7, 11) is 0.723. The molecule has 3 amide bonds. The molecule has 0 spiro atoms. The van der Waals surface area contributed by atoms with Crippen molar-refractivity contribution in [3.8, 4) is 34.0 Å². The second kappa shape index (κ2) is 29.7. The van der Waals surface area contributed by atoms with Crippen LogP contribution in [0.4, 0.5) is 0 Å². The van der Waals surface area contributed by atoms with E-state index in [-0.39, 0.29) is 47.0 Å². The van der Waals surface area contributed by atoms with Crippen molar-refractivity contribution in [3.63, 3.8) is 0 Å². The molecule has 4 N–H and O–H groups in total. The maximum atomic E-state index is 14.1. The first kappa shape index (κ1) is 71.0. The molecule has 544 valence electrons. The lowest BCUT2D eigenvalue weighted by atomic mass is 9.81. The number of carboxylic acid groups (broad SMARTS) is 1. The fourth-order valence-electron chi connectivity index (χ4n) is 15.4. The predicted molar refractivity (Wildman–Crippen MR) is 390 cm³/mol. The second-order valence-corrected chi connectivity index (χ2v) is 31.9. The quantitative estimate of drug-likeness (QED) is 0.0699. The van der Waals surface area contributed by atoms with Crippen molar-refractivity contribution >= 4 is 89.2 Å². The largest absolute Gasteiger partial charge is 0.497 e. The zero-order valence-electron chi connectivity index (χ0n) is 59.0. The van der Waals surface area contributed by atoms with Crippen LogP contribution in [0.25, 0.3) is 67.6 Å². The maximum absolute atomic E-state index is 14.1. The van der Waals surface area contributed by atoms with Crippen LogP contribution < -0.4 is 24.2 Å². The highest BCUT2D eigenvalue weighted by Gasteiger charge is 2.41. The minimum Gasteiger partial charge on any atom is -0.497 e. The first-order valence-corrected chi connectivity index (χ1v) is 38.6.